The summed E-state index contributed by atoms with van der Waals surface area (Å²) in [4.78, 5) is 24.7. The second-order valence-corrected chi connectivity index (χ2v) is 17.5. The maximum absolute atomic E-state index is 12.4. The lowest BCUT2D eigenvalue weighted by atomic mass is 9.72. The zero-order valence-electron chi connectivity index (χ0n) is 34.8. The topological polar surface area (TPSA) is 205 Å². The van der Waals surface area contributed by atoms with Crippen molar-refractivity contribution in [3.8, 4) is 6.07 Å². The molecule has 13 nitrogen and oxygen atoms in total. The smallest absolute Gasteiger partial charge is 0.448 e. The Morgan fingerprint density at radius 3 is 2.45 bits per heavy atom. The summed E-state index contributed by atoms with van der Waals surface area (Å²) in [6.07, 6.45) is 8.61. The molecule has 5 N–H and O–H groups in total. The molecule has 12 atom stereocenters. The molecule has 0 aromatic carbocycles. The van der Waals surface area contributed by atoms with Crippen LogP contribution in [0.1, 0.15) is 112 Å². The van der Waals surface area contributed by atoms with Crippen molar-refractivity contribution < 1.29 is 52.8 Å². The molecule has 56 heavy (non-hydrogen) atoms. The van der Waals surface area contributed by atoms with Crippen molar-refractivity contribution >= 4 is 13.9 Å². The van der Waals surface area contributed by atoms with Gasteiger partial charge in [0.15, 0.2) is 11.7 Å². The van der Waals surface area contributed by atoms with Gasteiger partial charge in [-0.1, -0.05) is 84.4 Å². The summed E-state index contributed by atoms with van der Waals surface area (Å²) in [5.41, 5.74) is 2.16. The third-order valence-corrected chi connectivity index (χ3v) is 12.3. The van der Waals surface area contributed by atoms with E-state index in [-0.39, 0.29) is 30.6 Å². The molecular weight excluding hydrogens is 739 g/mol. The molecule has 2 aliphatic heterocycles. The van der Waals surface area contributed by atoms with Gasteiger partial charge < -0.3 is 43.7 Å². The van der Waals surface area contributed by atoms with Gasteiger partial charge >= 0.3 is 7.82 Å². The Balaban J connectivity index is 1.83. The van der Waals surface area contributed by atoms with Crippen molar-refractivity contribution in [2.75, 3.05) is 7.11 Å². The molecule has 0 amide bonds. The Hall–Kier alpha value is -2.73. The fraction of sp³-hybridized carbons (Fsp3) is 0.667. The second kappa shape index (κ2) is 20.3. The van der Waals surface area contributed by atoms with Crippen molar-refractivity contribution in [1.82, 2.24) is 4.98 Å². The van der Waals surface area contributed by atoms with E-state index in [0.29, 0.717) is 18.0 Å². The molecule has 1 aromatic heterocycles. The van der Waals surface area contributed by atoms with Gasteiger partial charge in [-0.15, -0.1) is 0 Å². The summed E-state index contributed by atoms with van der Waals surface area (Å²) in [5.74, 6) is -2.02. The van der Waals surface area contributed by atoms with E-state index in [2.05, 4.69) is 11.9 Å². The summed E-state index contributed by atoms with van der Waals surface area (Å²) < 4.78 is 42.7. The molecule has 3 rings (SSSR count). The highest BCUT2D eigenvalue weighted by Crippen LogP contribution is 2.58. The van der Waals surface area contributed by atoms with Crippen molar-refractivity contribution in [2.24, 2.45) is 23.2 Å². The fourth-order valence-electron chi connectivity index (χ4n) is 7.41. The fourth-order valence-corrected chi connectivity index (χ4v) is 8.09. The lowest BCUT2D eigenvalue weighted by Crippen LogP contribution is -2.58. The third-order valence-electron chi connectivity index (χ3n) is 11.8. The predicted molar refractivity (Wildman–Crippen MR) is 214 cm³/mol. The largest absolute Gasteiger partial charge is 0.469 e. The molecule has 2 saturated heterocycles. The number of methoxy groups -OCH3 is 1. The van der Waals surface area contributed by atoms with Crippen molar-refractivity contribution in [1.29, 1.82) is 5.26 Å². The van der Waals surface area contributed by atoms with Crippen LogP contribution in [0.3, 0.4) is 0 Å². The van der Waals surface area contributed by atoms with Crippen LogP contribution in [-0.4, -0.2) is 85.7 Å². The number of aromatic nitrogens is 1. The Labute approximate surface area is 333 Å². The molecule has 314 valence electrons. The number of phosphoric ester groups is 1. The number of nitriles is 1. The number of aliphatic hydroxyl groups excluding tert-OH is 3. The summed E-state index contributed by atoms with van der Waals surface area (Å²) in [6.45, 7) is 18.7. The van der Waals surface area contributed by atoms with Crippen LogP contribution in [0.25, 0.3) is 6.08 Å². The lowest BCUT2D eigenvalue weighted by molar-refractivity contribution is -0.334. The molecule has 0 radical (unpaired) electrons. The van der Waals surface area contributed by atoms with E-state index in [4.69, 9.17) is 28.4 Å². The van der Waals surface area contributed by atoms with Crippen LogP contribution in [0.4, 0.5) is 0 Å². The van der Waals surface area contributed by atoms with Crippen LogP contribution in [0, 0.1) is 34.5 Å². The average molecular weight is 805 g/mol. The zero-order chi connectivity index (χ0) is 42.2. The van der Waals surface area contributed by atoms with Gasteiger partial charge in [-0.25, -0.2) is 9.55 Å². The Kier molecular flexibility index (Phi) is 17.3. The van der Waals surface area contributed by atoms with Crippen LogP contribution >= 0.6 is 7.82 Å². The van der Waals surface area contributed by atoms with E-state index in [0.717, 1.165) is 23.1 Å². The van der Waals surface area contributed by atoms with E-state index in [1.54, 1.807) is 27.0 Å². The van der Waals surface area contributed by atoms with E-state index in [1.807, 2.05) is 84.1 Å². The molecule has 14 heteroatoms. The number of hydrogen-bond donors (Lipinski definition) is 5. The highest BCUT2D eigenvalue weighted by atomic mass is 31.2. The number of oxazole rings is 1. The summed E-state index contributed by atoms with van der Waals surface area (Å²) >= 11 is 0. The van der Waals surface area contributed by atoms with E-state index in [9.17, 15) is 29.7 Å². The lowest BCUT2D eigenvalue weighted by Gasteiger charge is -2.50. The molecule has 0 saturated carbocycles. The minimum atomic E-state index is -5.09. The maximum atomic E-state index is 12.4. The van der Waals surface area contributed by atoms with Crippen LogP contribution in [-0.2, 0) is 23.3 Å². The highest BCUT2D eigenvalue weighted by molar-refractivity contribution is 7.46. The summed E-state index contributed by atoms with van der Waals surface area (Å²) in [7, 11) is -3.68. The molecule has 2 aliphatic rings. The molecule has 0 unspecified atom stereocenters. The van der Waals surface area contributed by atoms with Crippen molar-refractivity contribution in [2.45, 2.75) is 149 Å². The molecule has 2 fully saturated rings. The highest BCUT2D eigenvalue weighted by Gasteiger charge is 2.68. The Morgan fingerprint density at radius 1 is 1.16 bits per heavy atom. The van der Waals surface area contributed by atoms with Gasteiger partial charge in [-0.3, -0.25) is 4.52 Å². The molecule has 1 spiro atoms. The van der Waals surface area contributed by atoms with Crippen molar-refractivity contribution in [3.05, 3.63) is 71.0 Å². The van der Waals surface area contributed by atoms with Gasteiger partial charge in [-0.2, -0.15) is 5.26 Å². The number of allylic oxidation sites excluding steroid dienone is 7. The number of nitrogens with zero attached hydrogens (tertiary/aromatic N) is 2. The number of hydrogen-bond acceptors (Lipinski definition) is 11. The monoisotopic (exact) mass is 804 g/mol. The first-order valence-corrected chi connectivity index (χ1v) is 21.0. The number of aliphatic hydroxyl groups is 3. The van der Waals surface area contributed by atoms with Crippen LogP contribution in [0.15, 0.2) is 63.9 Å². The number of rotatable bonds is 18. The van der Waals surface area contributed by atoms with Gasteiger partial charge in [0, 0.05) is 55.1 Å². The number of ether oxygens (including phenoxy) is 3. The Bertz CT molecular complexity index is 1690. The number of phosphoric acid groups is 1. The minimum Gasteiger partial charge on any atom is -0.448 e. The first-order chi connectivity index (χ1) is 26.1. The average Bonchev–Trinajstić information content (AvgIpc) is 3.68. The quantitative estimate of drug-likeness (QED) is 0.0562. The van der Waals surface area contributed by atoms with Gasteiger partial charge in [0.05, 0.1) is 36.6 Å². The van der Waals surface area contributed by atoms with Crippen LogP contribution in [0.5, 0.6) is 0 Å². The standard InChI is InChI=1S/C42H65N2O11P/c1-12-26(3)40-44-32(24-52-40)17-14-18-35-30(7)34(46)23-42(53-35)41(9,10)39(55-56(48,49)50)38(54-42)36(51-11)22-33(45)31(8)37(47)29(6)21-28(5)27(4)16-13-15-25(2)19-20-43/h13-17,19,21,24,26,29-31,33-39,45-47H,12,18,22-23H2,1-11H3,(H2,48,49,50)/b15-13+,17-14+,25-19-,27-16+,28-21+/t26-,29+,30-,31-,33-,34+,35-,36-,37+,38+,39-,42+/m0/s1. The molecule has 1 aromatic rings. The van der Waals surface area contributed by atoms with E-state index in [1.165, 1.54) is 13.2 Å². The summed E-state index contributed by atoms with van der Waals surface area (Å²) in [6, 6.07) is 2.00. The van der Waals surface area contributed by atoms with Gasteiger partial charge in [0.1, 0.15) is 24.2 Å². The Morgan fingerprint density at radius 2 is 1.84 bits per heavy atom. The zero-order valence-corrected chi connectivity index (χ0v) is 35.7. The first-order valence-electron chi connectivity index (χ1n) is 19.5. The maximum Gasteiger partial charge on any atom is 0.469 e. The molecule has 3 heterocycles. The summed E-state index contributed by atoms with van der Waals surface area (Å²) in [5, 5.41) is 43.1. The normalized spacial score (nSPS) is 29.8. The molecular formula is C42H65N2O11P. The van der Waals surface area contributed by atoms with Gasteiger partial charge in [0.25, 0.3) is 0 Å². The minimum absolute atomic E-state index is 0.00239. The van der Waals surface area contributed by atoms with Gasteiger partial charge in [0.2, 0.25) is 0 Å². The van der Waals surface area contributed by atoms with Crippen LogP contribution < -0.4 is 0 Å². The predicted octanol–water partition coefficient (Wildman–Crippen LogP) is 7.29. The molecule has 0 bridgehead atoms. The van der Waals surface area contributed by atoms with Crippen molar-refractivity contribution in [3.63, 3.8) is 0 Å². The van der Waals surface area contributed by atoms with E-state index >= 15 is 0 Å². The van der Waals surface area contributed by atoms with Gasteiger partial charge in [-0.05, 0) is 50.8 Å². The SMILES string of the molecule is CC[C@H](C)c1nc(/C=C/C[C@@H]2O[C@]3(C[C@@H](O)[C@@H]2C)O[C@H]([C@H](C[C@H](O)[C@H](C)[C@H](O)[C@H](C)/C=C(C)/C(C)=C/C=C/C(C)=C\C#N)OC)[C@H](OP(=O)(O)O)C3(C)C)co1. The van der Waals surface area contributed by atoms with Crippen LogP contribution in [0.2, 0.25) is 0 Å². The third kappa shape index (κ3) is 11.9. The van der Waals surface area contributed by atoms with E-state index < -0.39 is 67.7 Å². The molecule has 0 aliphatic carbocycles. The second-order valence-electron chi connectivity index (χ2n) is 16.3. The first kappa shape index (κ1) is 47.6.